The Morgan fingerprint density at radius 3 is 2.61 bits per heavy atom. The first kappa shape index (κ1) is 18.2. The highest BCUT2D eigenvalue weighted by Gasteiger charge is 2.18. The zero-order chi connectivity index (χ0) is 19.9. The second-order valence-electron chi connectivity index (χ2n) is 5.93. The standard InChI is InChI=1S/C18H13ClFN4O3S/c19-15-7-8-18(22-28(26,27)14-5-3-13(20)4-6-14)24-17(15)10-16(21-24)12-2-1-9-23(25)11-12/h1-11,22,25H/q+1. The molecule has 0 amide bonds. The van der Waals surface area contributed by atoms with Crippen LogP contribution in [0.3, 0.4) is 0 Å². The van der Waals surface area contributed by atoms with Crippen molar-refractivity contribution in [3.05, 3.63) is 77.8 Å². The second kappa shape index (κ2) is 6.77. The van der Waals surface area contributed by atoms with E-state index in [4.69, 9.17) is 11.6 Å². The van der Waals surface area contributed by atoms with Gasteiger partial charge in [0.2, 0.25) is 12.4 Å². The lowest BCUT2D eigenvalue weighted by Crippen LogP contribution is -2.28. The molecule has 0 radical (unpaired) electrons. The summed E-state index contributed by atoms with van der Waals surface area (Å²) in [6, 6.07) is 12.5. The van der Waals surface area contributed by atoms with Crippen molar-refractivity contribution in [2.45, 2.75) is 4.90 Å². The third kappa shape index (κ3) is 3.37. The largest absolute Gasteiger partial charge is 0.285 e. The minimum atomic E-state index is -3.96. The fourth-order valence-electron chi connectivity index (χ4n) is 2.69. The zero-order valence-electron chi connectivity index (χ0n) is 14.1. The first-order valence-electron chi connectivity index (χ1n) is 8.01. The van der Waals surface area contributed by atoms with Crippen LogP contribution in [0.1, 0.15) is 0 Å². The molecule has 3 heterocycles. The van der Waals surface area contributed by atoms with Gasteiger partial charge in [-0.1, -0.05) is 11.6 Å². The number of nitrogens with zero attached hydrogens (tertiary/aromatic N) is 3. The maximum Gasteiger partial charge on any atom is 0.263 e. The third-order valence-electron chi connectivity index (χ3n) is 4.01. The van der Waals surface area contributed by atoms with Crippen LogP contribution in [0.5, 0.6) is 0 Å². The fourth-order valence-corrected chi connectivity index (χ4v) is 3.93. The van der Waals surface area contributed by atoms with E-state index in [9.17, 15) is 18.0 Å². The van der Waals surface area contributed by atoms with Crippen LogP contribution in [0.15, 0.2) is 71.9 Å². The van der Waals surface area contributed by atoms with Crippen LogP contribution >= 0.6 is 11.6 Å². The summed E-state index contributed by atoms with van der Waals surface area (Å²) >= 11 is 6.23. The highest BCUT2D eigenvalue weighted by Crippen LogP contribution is 2.27. The molecule has 0 saturated heterocycles. The normalized spacial score (nSPS) is 11.6. The number of aromatic nitrogens is 3. The lowest BCUT2D eigenvalue weighted by Gasteiger charge is -2.10. The predicted molar refractivity (Wildman–Crippen MR) is 100 cm³/mol. The van der Waals surface area contributed by atoms with E-state index in [1.807, 2.05) is 0 Å². The van der Waals surface area contributed by atoms with Crippen LogP contribution in [0, 0.1) is 5.82 Å². The Morgan fingerprint density at radius 2 is 1.89 bits per heavy atom. The van der Waals surface area contributed by atoms with E-state index in [0.29, 0.717) is 21.8 Å². The molecule has 0 bridgehead atoms. The number of pyridine rings is 2. The van der Waals surface area contributed by atoms with E-state index in [0.717, 1.165) is 16.9 Å². The fraction of sp³-hybridized carbons (Fsp3) is 0. The van der Waals surface area contributed by atoms with Crippen molar-refractivity contribution >= 4 is 33.0 Å². The molecule has 28 heavy (non-hydrogen) atoms. The average Bonchev–Trinajstić information content (AvgIpc) is 3.11. The minimum absolute atomic E-state index is 0.0891. The van der Waals surface area contributed by atoms with Crippen molar-refractivity contribution < 1.29 is 22.7 Å². The maximum atomic E-state index is 13.1. The molecular weight excluding hydrogens is 407 g/mol. The lowest BCUT2D eigenvalue weighted by atomic mass is 10.2. The number of rotatable bonds is 4. The Bertz CT molecular complexity index is 1290. The van der Waals surface area contributed by atoms with E-state index in [-0.39, 0.29) is 10.7 Å². The summed E-state index contributed by atoms with van der Waals surface area (Å²) in [5.41, 5.74) is 1.57. The van der Waals surface area contributed by atoms with Gasteiger partial charge >= 0.3 is 0 Å². The van der Waals surface area contributed by atoms with Crippen molar-refractivity contribution in [2.24, 2.45) is 0 Å². The summed E-state index contributed by atoms with van der Waals surface area (Å²) in [6.07, 6.45) is 2.91. The van der Waals surface area contributed by atoms with E-state index in [1.165, 1.54) is 35.1 Å². The summed E-state index contributed by atoms with van der Waals surface area (Å²) in [4.78, 5) is -0.0891. The Kier molecular flexibility index (Phi) is 4.40. The lowest BCUT2D eigenvalue weighted by molar-refractivity contribution is -0.904. The monoisotopic (exact) mass is 419 g/mol. The molecule has 0 aliphatic heterocycles. The topological polar surface area (TPSA) is 87.6 Å². The smallest absolute Gasteiger partial charge is 0.263 e. The molecule has 1 aromatic carbocycles. The van der Waals surface area contributed by atoms with E-state index >= 15 is 0 Å². The Hall–Kier alpha value is -3.17. The molecule has 10 heteroatoms. The molecule has 142 valence electrons. The van der Waals surface area contributed by atoms with E-state index in [1.54, 1.807) is 24.3 Å². The highest BCUT2D eigenvalue weighted by molar-refractivity contribution is 7.92. The quantitative estimate of drug-likeness (QED) is 0.393. The first-order valence-corrected chi connectivity index (χ1v) is 9.87. The van der Waals surface area contributed by atoms with Gasteiger partial charge in [0.25, 0.3) is 10.0 Å². The number of fused-ring (bicyclic) bond motifs is 1. The predicted octanol–water partition coefficient (Wildman–Crippen LogP) is 3.12. The molecule has 3 aromatic heterocycles. The van der Waals surface area contributed by atoms with Crippen molar-refractivity contribution in [1.82, 2.24) is 9.61 Å². The number of benzene rings is 1. The Balaban J connectivity index is 1.79. The molecule has 2 N–H and O–H groups in total. The maximum absolute atomic E-state index is 13.1. The van der Waals surface area contributed by atoms with Gasteiger partial charge in [-0.2, -0.15) is 5.10 Å². The van der Waals surface area contributed by atoms with Gasteiger partial charge in [0.05, 0.1) is 26.7 Å². The Morgan fingerprint density at radius 1 is 1.14 bits per heavy atom. The number of hydrogen-bond donors (Lipinski definition) is 2. The van der Waals surface area contributed by atoms with Crippen LogP contribution in [0.25, 0.3) is 16.8 Å². The van der Waals surface area contributed by atoms with E-state index in [2.05, 4.69) is 9.82 Å². The molecule has 4 rings (SSSR count). The van der Waals surface area contributed by atoms with E-state index < -0.39 is 15.8 Å². The van der Waals surface area contributed by atoms with Gasteiger partial charge in [-0.3, -0.25) is 9.93 Å². The summed E-state index contributed by atoms with van der Waals surface area (Å²) < 4.78 is 43.0. The molecule has 0 fully saturated rings. The van der Waals surface area contributed by atoms with Gasteiger partial charge in [0, 0.05) is 10.8 Å². The van der Waals surface area contributed by atoms with Crippen LogP contribution < -0.4 is 9.45 Å². The number of hydrogen-bond acceptors (Lipinski definition) is 4. The van der Waals surface area contributed by atoms with Crippen LogP contribution in [0.4, 0.5) is 10.2 Å². The SMILES string of the molecule is O=S(=O)(Nc1ccc(Cl)c2cc(-c3ccc[n+](O)c3)nn12)c1ccc(F)cc1. The molecule has 0 atom stereocenters. The summed E-state index contributed by atoms with van der Waals surface area (Å²) in [5, 5.41) is 14.4. The van der Waals surface area contributed by atoms with Gasteiger partial charge in [-0.15, -0.1) is 0 Å². The van der Waals surface area contributed by atoms with Crippen molar-refractivity contribution in [2.75, 3.05) is 4.72 Å². The number of halogens is 2. The van der Waals surface area contributed by atoms with Crippen molar-refractivity contribution in [1.29, 1.82) is 0 Å². The van der Waals surface area contributed by atoms with Gasteiger partial charge in [-0.05, 0) is 48.5 Å². The van der Waals surface area contributed by atoms with Crippen molar-refractivity contribution in [3.8, 4) is 11.3 Å². The minimum Gasteiger partial charge on any atom is -0.285 e. The van der Waals surface area contributed by atoms with Crippen LogP contribution in [0.2, 0.25) is 5.02 Å². The van der Waals surface area contributed by atoms with Gasteiger partial charge < -0.3 is 0 Å². The average molecular weight is 420 g/mol. The molecule has 0 aliphatic carbocycles. The second-order valence-corrected chi connectivity index (χ2v) is 8.01. The van der Waals surface area contributed by atoms with Crippen LogP contribution in [-0.2, 0) is 10.0 Å². The summed E-state index contributed by atoms with van der Waals surface area (Å²) in [5.74, 6) is -0.378. The molecule has 7 nitrogen and oxygen atoms in total. The molecule has 0 spiro atoms. The van der Waals surface area contributed by atoms with Gasteiger partial charge in [0.15, 0.2) is 0 Å². The number of nitrogens with one attached hydrogen (secondary N) is 1. The number of sulfonamides is 1. The number of anilines is 1. The van der Waals surface area contributed by atoms with Gasteiger partial charge in [0.1, 0.15) is 11.6 Å². The van der Waals surface area contributed by atoms with Crippen molar-refractivity contribution in [3.63, 3.8) is 0 Å². The molecule has 0 saturated carbocycles. The highest BCUT2D eigenvalue weighted by atomic mass is 35.5. The van der Waals surface area contributed by atoms with Crippen LogP contribution in [-0.4, -0.2) is 23.2 Å². The third-order valence-corrected chi connectivity index (χ3v) is 5.70. The first-order chi connectivity index (χ1) is 13.3. The summed E-state index contributed by atoms with van der Waals surface area (Å²) in [6.45, 7) is 0. The molecule has 0 unspecified atom stereocenters. The zero-order valence-corrected chi connectivity index (χ0v) is 15.7. The molecule has 0 aliphatic rings. The Labute approximate surface area is 164 Å². The van der Waals surface area contributed by atoms with Gasteiger partial charge in [-0.25, -0.2) is 17.3 Å². The summed E-state index contributed by atoms with van der Waals surface area (Å²) in [7, 11) is -3.96. The molecular formula is C18H13ClFN4O3S+. The molecule has 4 aromatic rings.